The zero-order chi connectivity index (χ0) is 16.7. The molecule has 2 aromatic carbocycles. The summed E-state index contributed by atoms with van der Waals surface area (Å²) < 4.78 is 12.8. The number of hydrogen-bond acceptors (Lipinski definition) is 3. The maximum absolute atomic E-state index is 12.8. The summed E-state index contributed by atoms with van der Waals surface area (Å²) in [6.07, 6.45) is 2.78. The summed E-state index contributed by atoms with van der Waals surface area (Å²) in [6, 6.07) is 13.9. The number of nitrogens with zero attached hydrogens (tertiary/aromatic N) is 1. The molecule has 0 radical (unpaired) electrons. The van der Waals surface area contributed by atoms with Gasteiger partial charge in [0.05, 0.1) is 6.07 Å². The minimum Gasteiger partial charge on any atom is -0.325 e. The molecule has 5 heteroatoms. The van der Waals surface area contributed by atoms with Crippen molar-refractivity contribution in [3.63, 3.8) is 0 Å². The number of carbonyl (C=O) groups is 2. The summed E-state index contributed by atoms with van der Waals surface area (Å²) in [7, 11) is 0. The fraction of sp³-hybridized carbons (Fsp3) is 0.0556. The number of carbonyl (C=O) groups excluding carboxylic acids is 2. The first kappa shape index (κ1) is 16.1. The van der Waals surface area contributed by atoms with Crippen LogP contribution >= 0.6 is 0 Å². The molecule has 0 aromatic heterocycles. The number of nitrogens with one attached hydrogen (secondary N) is 1. The van der Waals surface area contributed by atoms with Gasteiger partial charge in [-0.05, 0) is 48.0 Å². The largest absolute Gasteiger partial charge is 0.325 e. The van der Waals surface area contributed by atoms with Crippen LogP contribution in [0.15, 0.2) is 54.6 Å². The Balaban J connectivity index is 2.01. The van der Waals surface area contributed by atoms with E-state index in [1.165, 1.54) is 18.2 Å². The molecule has 0 heterocycles. The van der Waals surface area contributed by atoms with E-state index in [-0.39, 0.29) is 18.0 Å². The summed E-state index contributed by atoms with van der Waals surface area (Å²) >= 11 is 0. The van der Waals surface area contributed by atoms with Gasteiger partial charge < -0.3 is 5.32 Å². The third-order valence-corrected chi connectivity index (χ3v) is 2.99. The van der Waals surface area contributed by atoms with Gasteiger partial charge in [-0.3, -0.25) is 9.59 Å². The van der Waals surface area contributed by atoms with Gasteiger partial charge in [0.15, 0.2) is 5.78 Å². The maximum atomic E-state index is 12.8. The van der Waals surface area contributed by atoms with Gasteiger partial charge in [-0.15, -0.1) is 0 Å². The number of halogens is 1. The van der Waals surface area contributed by atoms with Gasteiger partial charge in [-0.2, -0.15) is 5.26 Å². The number of nitriles is 1. The minimum atomic E-state index is -0.400. The second-order valence-electron chi connectivity index (χ2n) is 4.71. The Morgan fingerprint density at radius 1 is 1.09 bits per heavy atom. The van der Waals surface area contributed by atoms with Crippen LogP contribution in [0.3, 0.4) is 0 Å². The van der Waals surface area contributed by atoms with Crippen molar-refractivity contribution >= 4 is 23.5 Å². The predicted octanol–water partition coefficient (Wildman–Crippen LogP) is 3.57. The Morgan fingerprint density at radius 3 is 2.35 bits per heavy atom. The summed E-state index contributed by atoms with van der Waals surface area (Å²) in [4.78, 5) is 23.3. The van der Waals surface area contributed by atoms with Crippen molar-refractivity contribution in [3.8, 4) is 6.07 Å². The van der Waals surface area contributed by atoms with E-state index in [0.29, 0.717) is 11.3 Å². The molecule has 23 heavy (non-hydrogen) atoms. The van der Waals surface area contributed by atoms with Crippen LogP contribution < -0.4 is 5.32 Å². The number of hydrogen-bond donors (Lipinski definition) is 1. The highest BCUT2D eigenvalue weighted by molar-refractivity contribution is 6.07. The van der Waals surface area contributed by atoms with Crippen molar-refractivity contribution in [1.29, 1.82) is 5.26 Å². The van der Waals surface area contributed by atoms with Gasteiger partial charge in [0, 0.05) is 11.3 Å². The van der Waals surface area contributed by atoms with E-state index in [1.54, 1.807) is 48.5 Å². The van der Waals surface area contributed by atoms with E-state index in [9.17, 15) is 14.0 Å². The average Bonchev–Trinajstić information content (AvgIpc) is 2.55. The molecule has 0 atom stereocenters. The molecule has 0 bridgehead atoms. The number of ketones is 1. The van der Waals surface area contributed by atoms with Gasteiger partial charge in [0.2, 0.25) is 5.91 Å². The Hall–Kier alpha value is -3.26. The molecule has 0 aliphatic rings. The lowest BCUT2D eigenvalue weighted by Crippen LogP contribution is -2.10. The van der Waals surface area contributed by atoms with Crippen LogP contribution in [0.25, 0.3) is 6.08 Å². The molecule has 1 amide bonds. The van der Waals surface area contributed by atoms with Gasteiger partial charge >= 0.3 is 0 Å². The monoisotopic (exact) mass is 308 g/mol. The lowest BCUT2D eigenvalue weighted by molar-refractivity contribution is -0.115. The highest BCUT2D eigenvalue weighted by Crippen LogP contribution is 2.12. The zero-order valence-corrected chi connectivity index (χ0v) is 12.1. The molecular formula is C18H13FN2O2. The number of allylic oxidation sites excluding steroid dienone is 1. The summed E-state index contributed by atoms with van der Waals surface area (Å²) in [5.41, 5.74) is 1.70. The third kappa shape index (κ3) is 4.90. The summed E-state index contributed by atoms with van der Waals surface area (Å²) in [5, 5.41) is 11.0. The van der Waals surface area contributed by atoms with Crippen molar-refractivity contribution < 1.29 is 14.0 Å². The Morgan fingerprint density at radius 2 is 1.74 bits per heavy atom. The highest BCUT2D eigenvalue weighted by Gasteiger charge is 2.04. The Kier molecular flexibility index (Phi) is 5.37. The SMILES string of the molecule is N#CCC(=O)Nc1ccc(C(=O)C=Cc2ccc(F)cc2)cc1. The maximum Gasteiger partial charge on any atom is 0.238 e. The second-order valence-corrected chi connectivity index (χ2v) is 4.71. The normalized spacial score (nSPS) is 10.3. The zero-order valence-electron chi connectivity index (χ0n) is 12.1. The molecule has 1 N–H and O–H groups in total. The first-order chi connectivity index (χ1) is 11.1. The Labute approximate surface area is 132 Å². The molecule has 0 saturated carbocycles. The highest BCUT2D eigenvalue weighted by atomic mass is 19.1. The fourth-order valence-corrected chi connectivity index (χ4v) is 1.84. The molecule has 0 aliphatic carbocycles. The van der Waals surface area contributed by atoms with E-state index in [0.717, 1.165) is 5.56 Å². The van der Waals surface area contributed by atoms with Gasteiger partial charge in [0.1, 0.15) is 12.2 Å². The third-order valence-electron chi connectivity index (χ3n) is 2.99. The standard InChI is InChI=1S/C18H13FN2O2/c19-15-6-1-13(2-7-15)3-10-17(22)14-4-8-16(9-5-14)21-18(23)11-12-20/h1-10H,11H2,(H,21,23). The first-order valence-electron chi connectivity index (χ1n) is 6.83. The molecular weight excluding hydrogens is 295 g/mol. The molecule has 0 aliphatic heterocycles. The number of rotatable bonds is 5. The van der Waals surface area contributed by atoms with Gasteiger partial charge in [-0.1, -0.05) is 18.2 Å². The van der Waals surface area contributed by atoms with Crippen molar-refractivity contribution in [3.05, 3.63) is 71.6 Å². The van der Waals surface area contributed by atoms with Crippen molar-refractivity contribution in [2.75, 3.05) is 5.32 Å². The first-order valence-corrected chi connectivity index (χ1v) is 6.83. The smallest absolute Gasteiger partial charge is 0.238 e. The summed E-state index contributed by atoms with van der Waals surface area (Å²) in [5.74, 6) is -0.936. The average molecular weight is 308 g/mol. The minimum absolute atomic E-state index is 0.204. The Bertz CT molecular complexity index is 772. The van der Waals surface area contributed by atoms with E-state index < -0.39 is 5.91 Å². The second kappa shape index (κ2) is 7.66. The number of benzene rings is 2. The topological polar surface area (TPSA) is 70.0 Å². The quantitative estimate of drug-likeness (QED) is 0.678. The fourth-order valence-electron chi connectivity index (χ4n) is 1.84. The summed E-state index contributed by atoms with van der Waals surface area (Å²) in [6.45, 7) is 0. The molecule has 114 valence electrons. The molecule has 4 nitrogen and oxygen atoms in total. The van der Waals surface area contributed by atoms with Crippen LogP contribution in [-0.2, 0) is 4.79 Å². The van der Waals surface area contributed by atoms with Crippen LogP contribution in [0.4, 0.5) is 10.1 Å². The lowest BCUT2D eigenvalue weighted by Gasteiger charge is -2.03. The number of amides is 1. The molecule has 0 fully saturated rings. The van der Waals surface area contributed by atoms with E-state index >= 15 is 0 Å². The van der Waals surface area contributed by atoms with E-state index in [4.69, 9.17) is 5.26 Å². The lowest BCUT2D eigenvalue weighted by atomic mass is 10.1. The van der Waals surface area contributed by atoms with E-state index in [1.807, 2.05) is 0 Å². The van der Waals surface area contributed by atoms with E-state index in [2.05, 4.69) is 5.32 Å². The van der Waals surface area contributed by atoms with Crippen LogP contribution in [0.5, 0.6) is 0 Å². The van der Waals surface area contributed by atoms with Crippen molar-refractivity contribution in [2.45, 2.75) is 6.42 Å². The van der Waals surface area contributed by atoms with Crippen molar-refractivity contribution in [2.24, 2.45) is 0 Å². The van der Waals surface area contributed by atoms with Gasteiger partial charge in [0.25, 0.3) is 0 Å². The molecule has 2 rings (SSSR count). The van der Waals surface area contributed by atoms with Crippen LogP contribution in [0.1, 0.15) is 22.3 Å². The molecule has 0 saturated heterocycles. The molecule has 2 aromatic rings. The molecule has 0 spiro atoms. The van der Waals surface area contributed by atoms with Gasteiger partial charge in [-0.25, -0.2) is 4.39 Å². The molecule has 0 unspecified atom stereocenters. The predicted molar refractivity (Wildman–Crippen MR) is 85.1 cm³/mol. The van der Waals surface area contributed by atoms with Crippen LogP contribution in [-0.4, -0.2) is 11.7 Å². The van der Waals surface area contributed by atoms with Crippen LogP contribution in [0, 0.1) is 17.1 Å². The van der Waals surface area contributed by atoms with Crippen LogP contribution in [0.2, 0.25) is 0 Å². The number of anilines is 1. The van der Waals surface area contributed by atoms with Crippen molar-refractivity contribution in [1.82, 2.24) is 0 Å².